The van der Waals surface area contributed by atoms with Gasteiger partial charge in [-0.25, -0.2) is 9.97 Å². The molecule has 1 N–H and O–H groups in total. The largest absolute Gasteiger partial charge is 0.363 e. The van der Waals surface area contributed by atoms with E-state index in [0.717, 1.165) is 22.9 Å². The van der Waals surface area contributed by atoms with Crippen molar-refractivity contribution in [3.05, 3.63) is 41.6 Å². The van der Waals surface area contributed by atoms with Gasteiger partial charge in [0.15, 0.2) is 0 Å². The van der Waals surface area contributed by atoms with Crippen molar-refractivity contribution in [2.75, 3.05) is 5.32 Å². The van der Waals surface area contributed by atoms with Crippen LogP contribution in [0, 0.1) is 13.8 Å². The standard InChI is InChI=1S/C11H13N5/c1-8-5-11(16-14-6-8)13-7-10-3-4-12-9(2)15-10/h3-6H,7H2,1-2H3,(H,13,16). The fourth-order valence-electron chi connectivity index (χ4n) is 1.34. The van der Waals surface area contributed by atoms with Crippen LogP contribution in [-0.4, -0.2) is 20.2 Å². The summed E-state index contributed by atoms with van der Waals surface area (Å²) in [4.78, 5) is 8.33. The molecule has 0 aromatic carbocycles. The number of aromatic nitrogens is 4. The molecule has 0 amide bonds. The molecule has 0 saturated carbocycles. The number of rotatable bonds is 3. The summed E-state index contributed by atoms with van der Waals surface area (Å²) in [5.41, 5.74) is 2.02. The van der Waals surface area contributed by atoms with E-state index in [9.17, 15) is 0 Å². The van der Waals surface area contributed by atoms with Crippen molar-refractivity contribution in [3.8, 4) is 0 Å². The predicted octanol–water partition coefficient (Wildman–Crippen LogP) is 1.50. The third-order valence-corrected chi connectivity index (χ3v) is 2.08. The molecule has 2 aromatic rings. The monoisotopic (exact) mass is 215 g/mol. The maximum absolute atomic E-state index is 4.29. The molecule has 2 heterocycles. The lowest BCUT2D eigenvalue weighted by atomic mass is 10.3. The van der Waals surface area contributed by atoms with Gasteiger partial charge < -0.3 is 5.32 Å². The molecule has 0 unspecified atom stereocenters. The second-order valence-corrected chi connectivity index (χ2v) is 3.57. The lowest BCUT2D eigenvalue weighted by Gasteiger charge is -2.04. The number of aryl methyl sites for hydroxylation is 2. The molecule has 0 aliphatic carbocycles. The SMILES string of the molecule is Cc1cnnc(NCc2ccnc(C)n2)c1. The van der Waals surface area contributed by atoms with E-state index in [1.807, 2.05) is 26.0 Å². The van der Waals surface area contributed by atoms with Gasteiger partial charge in [0.1, 0.15) is 11.6 Å². The van der Waals surface area contributed by atoms with Crippen LogP contribution in [0.25, 0.3) is 0 Å². The maximum Gasteiger partial charge on any atom is 0.149 e. The minimum Gasteiger partial charge on any atom is -0.363 e. The van der Waals surface area contributed by atoms with E-state index in [4.69, 9.17) is 0 Å². The molecule has 82 valence electrons. The molecule has 16 heavy (non-hydrogen) atoms. The highest BCUT2D eigenvalue weighted by atomic mass is 15.2. The minimum absolute atomic E-state index is 0.626. The van der Waals surface area contributed by atoms with Crippen LogP contribution in [0.4, 0.5) is 5.82 Å². The van der Waals surface area contributed by atoms with Crippen LogP contribution in [0.15, 0.2) is 24.5 Å². The van der Waals surface area contributed by atoms with Crippen LogP contribution in [0.1, 0.15) is 17.1 Å². The van der Waals surface area contributed by atoms with Crippen molar-refractivity contribution in [2.24, 2.45) is 0 Å². The smallest absolute Gasteiger partial charge is 0.149 e. The summed E-state index contributed by atoms with van der Waals surface area (Å²) in [6.45, 7) is 4.48. The second kappa shape index (κ2) is 4.65. The Balaban J connectivity index is 2.02. The van der Waals surface area contributed by atoms with E-state index in [-0.39, 0.29) is 0 Å². The van der Waals surface area contributed by atoms with Gasteiger partial charge in [-0.1, -0.05) is 0 Å². The third kappa shape index (κ3) is 2.73. The average Bonchev–Trinajstić information content (AvgIpc) is 2.27. The zero-order chi connectivity index (χ0) is 11.4. The van der Waals surface area contributed by atoms with Gasteiger partial charge in [0.25, 0.3) is 0 Å². The average molecular weight is 215 g/mol. The van der Waals surface area contributed by atoms with Gasteiger partial charge in [0.05, 0.1) is 18.4 Å². The second-order valence-electron chi connectivity index (χ2n) is 3.57. The highest BCUT2D eigenvalue weighted by molar-refractivity contribution is 5.35. The molecule has 2 aromatic heterocycles. The molecule has 0 bridgehead atoms. The molecular formula is C11H13N5. The first-order valence-corrected chi connectivity index (χ1v) is 5.06. The summed E-state index contributed by atoms with van der Waals surface area (Å²) < 4.78 is 0. The predicted molar refractivity (Wildman–Crippen MR) is 60.9 cm³/mol. The molecule has 0 radical (unpaired) electrons. The lowest BCUT2D eigenvalue weighted by molar-refractivity contribution is 0.933. The van der Waals surface area contributed by atoms with Crippen LogP contribution >= 0.6 is 0 Å². The molecule has 0 saturated heterocycles. The first kappa shape index (κ1) is 10.5. The summed E-state index contributed by atoms with van der Waals surface area (Å²) in [6.07, 6.45) is 3.47. The van der Waals surface area contributed by atoms with Crippen molar-refractivity contribution in [2.45, 2.75) is 20.4 Å². The van der Waals surface area contributed by atoms with E-state index < -0.39 is 0 Å². The van der Waals surface area contributed by atoms with Gasteiger partial charge in [0.2, 0.25) is 0 Å². The summed E-state index contributed by atoms with van der Waals surface area (Å²) in [5, 5.41) is 11.0. The van der Waals surface area contributed by atoms with Crippen molar-refractivity contribution in [3.63, 3.8) is 0 Å². The number of hydrogen-bond acceptors (Lipinski definition) is 5. The van der Waals surface area contributed by atoms with Crippen LogP contribution in [0.2, 0.25) is 0 Å². The number of nitrogens with one attached hydrogen (secondary N) is 1. The van der Waals surface area contributed by atoms with E-state index in [1.54, 1.807) is 12.4 Å². The molecule has 0 atom stereocenters. The van der Waals surface area contributed by atoms with E-state index in [2.05, 4.69) is 25.5 Å². The normalized spacial score (nSPS) is 10.1. The Morgan fingerprint density at radius 1 is 1.31 bits per heavy atom. The van der Waals surface area contributed by atoms with Crippen LogP contribution in [0.5, 0.6) is 0 Å². The van der Waals surface area contributed by atoms with Gasteiger partial charge >= 0.3 is 0 Å². The molecule has 0 fully saturated rings. The van der Waals surface area contributed by atoms with Crippen molar-refractivity contribution >= 4 is 5.82 Å². The van der Waals surface area contributed by atoms with Crippen LogP contribution in [-0.2, 0) is 6.54 Å². The Hall–Kier alpha value is -2.04. The van der Waals surface area contributed by atoms with Gasteiger partial charge in [0, 0.05) is 6.20 Å². The summed E-state index contributed by atoms with van der Waals surface area (Å²) in [6, 6.07) is 3.82. The number of nitrogens with zero attached hydrogens (tertiary/aromatic N) is 4. The van der Waals surface area contributed by atoms with Crippen LogP contribution in [0.3, 0.4) is 0 Å². The molecule has 0 aliphatic rings. The van der Waals surface area contributed by atoms with Crippen molar-refractivity contribution < 1.29 is 0 Å². The molecule has 0 aliphatic heterocycles. The Labute approximate surface area is 94.0 Å². The Morgan fingerprint density at radius 3 is 2.94 bits per heavy atom. The zero-order valence-electron chi connectivity index (χ0n) is 9.31. The fourth-order valence-corrected chi connectivity index (χ4v) is 1.34. The van der Waals surface area contributed by atoms with E-state index in [1.165, 1.54) is 0 Å². The Morgan fingerprint density at radius 2 is 2.19 bits per heavy atom. The molecule has 5 heteroatoms. The highest BCUT2D eigenvalue weighted by Crippen LogP contribution is 2.05. The van der Waals surface area contributed by atoms with Crippen molar-refractivity contribution in [1.29, 1.82) is 0 Å². The minimum atomic E-state index is 0.626. The third-order valence-electron chi connectivity index (χ3n) is 2.08. The van der Waals surface area contributed by atoms with Gasteiger partial charge in [-0.3, -0.25) is 0 Å². The first-order chi connectivity index (χ1) is 7.74. The van der Waals surface area contributed by atoms with Crippen LogP contribution < -0.4 is 5.32 Å². The maximum atomic E-state index is 4.29. The Kier molecular flexibility index (Phi) is 3.05. The first-order valence-electron chi connectivity index (χ1n) is 5.06. The number of hydrogen-bond donors (Lipinski definition) is 1. The lowest BCUT2D eigenvalue weighted by Crippen LogP contribution is -2.05. The fraction of sp³-hybridized carbons (Fsp3) is 0.273. The zero-order valence-corrected chi connectivity index (χ0v) is 9.31. The summed E-state index contributed by atoms with van der Waals surface area (Å²) in [5.74, 6) is 1.53. The topological polar surface area (TPSA) is 63.6 Å². The molecule has 2 rings (SSSR count). The van der Waals surface area contributed by atoms with Gasteiger partial charge in [-0.15, -0.1) is 5.10 Å². The van der Waals surface area contributed by atoms with Gasteiger partial charge in [-0.2, -0.15) is 5.10 Å². The number of anilines is 1. The molecule has 0 spiro atoms. The molecule has 5 nitrogen and oxygen atoms in total. The van der Waals surface area contributed by atoms with E-state index in [0.29, 0.717) is 6.54 Å². The van der Waals surface area contributed by atoms with Crippen molar-refractivity contribution in [1.82, 2.24) is 20.2 Å². The van der Waals surface area contributed by atoms with Gasteiger partial charge in [-0.05, 0) is 31.5 Å². The van der Waals surface area contributed by atoms with E-state index >= 15 is 0 Å². The molecular weight excluding hydrogens is 202 g/mol. The summed E-state index contributed by atoms with van der Waals surface area (Å²) in [7, 11) is 0. The summed E-state index contributed by atoms with van der Waals surface area (Å²) >= 11 is 0. The quantitative estimate of drug-likeness (QED) is 0.840. The highest BCUT2D eigenvalue weighted by Gasteiger charge is 1.98. The Bertz CT molecular complexity index is 438.